The first-order valence-electron chi connectivity index (χ1n) is 14.1. The molecule has 1 atom stereocenters. The summed E-state index contributed by atoms with van der Waals surface area (Å²) in [4.78, 5) is 25.5. The number of anilines is 2. The van der Waals surface area contributed by atoms with Gasteiger partial charge in [-0.05, 0) is 66.6 Å². The molecule has 10 nitrogen and oxygen atoms in total. The van der Waals surface area contributed by atoms with Crippen LogP contribution in [-0.4, -0.2) is 53.7 Å². The minimum atomic E-state index is -3.52. The van der Waals surface area contributed by atoms with Crippen LogP contribution in [-0.2, 0) is 33.1 Å². The standard InChI is InChI=1S/C33H36N4O6S2/c1-25(35-33(39)29-20-16-27(17-21-29)24-37(45(3,42)43)31-12-8-5-9-13-31)22-34-32(38)28-18-14-26(15-19-28)23-36(44(2,40)41)30-10-6-4-7-11-30/h4-21,25H,22-24H2,1-3H3,(H,34,38)(H,35,39)/t25-/m1/s1. The lowest BCUT2D eigenvalue weighted by Crippen LogP contribution is -2.41. The molecule has 0 saturated heterocycles. The summed E-state index contributed by atoms with van der Waals surface area (Å²) in [7, 11) is -7.04. The van der Waals surface area contributed by atoms with Gasteiger partial charge in [-0.15, -0.1) is 0 Å². The van der Waals surface area contributed by atoms with E-state index in [4.69, 9.17) is 0 Å². The zero-order chi connectivity index (χ0) is 32.6. The van der Waals surface area contributed by atoms with E-state index in [1.54, 1.807) is 104 Å². The van der Waals surface area contributed by atoms with Gasteiger partial charge in [-0.1, -0.05) is 60.7 Å². The first-order chi connectivity index (χ1) is 21.3. The summed E-state index contributed by atoms with van der Waals surface area (Å²) < 4.78 is 52.1. The van der Waals surface area contributed by atoms with Crippen molar-refractivity contribution in [2.24, 2.45) is 0 Å². The number of hydrogen-bond donors (Lipinski definition) is 2. The summed E-state index contributed by atoms with van der Waals surface area (Å²) in [6.07, 6.45) is 2.30. The van der Waals surface area contributed by atoms with E-state index in [9.17, 15) is 26.4 Å². The Morgan fingerprint density at radius 3 is 1.36 bits per heavy atom. The number of nitrogens with one attached hydrogen (secondary N) is 2. The summed E-state index contributed by atoms with van der Waals surface area (Å²) in [5.41, 5.74) is 3.34. The molecule has 4 aromatic carbocycles. The van der Waals surface area contributed by atoms with Crippen molar-refractivity contribution in [3.63, 3.8) is 0 Å². The number of hydrogen-bond acceptors (Lipinski definition) is 6. The van der Waals surface area contributed by atoms with Crippen molar-refractivity contribution < 1.29 is 26.4 Å². The summed E-state index contributed by atoms with van der Waals surface area (Å²) >= 11 is 0. The van der Waals surface area contributed by atoms with Crippen molar-refractivity contribution in [1.29, 1.82) is 0 Å². The van der Waals surface area contributed by atoms with Crippen molar-refractivity contribution in [2.45, 2.75) is 26.1 Å². The number of carbonyl (C=O) groups is 2. The van der Waals surface area contributed by atoms with Crippen LogP contribution in [0.3, 0.4) is 0 Å². The maximum Gasteiger partial charge on any atom is 0.251 e. The van der Waals surface area contributed by atoms with Gasteiger partial charge in [-0.2, -0.15) is 0 Å². The second-order valence-electron chi connectivity index (χ2n) is 10.7. The van der Waals surface area contributed by atoms with E-state index in [2.05, 4.69) is 10.6 Å². The predicted octanol–water partition coefficient (Wildman–Crippen LogP) is 4.17. The van der Waals surface area contributed by atoms with Gasteiger partial charge in [0, 0.05) is 23.7 Å². The SMILES string of the molecule is C[C@H](CNC(=O)c1ccc(CN(c2ccccc2)S(C)(=O)=O)cc1)NC(=O)c1ccc(CN(c2ccccc2)S(C)(=O)=O)cc1. The molecule has 0 aliphatic carbocycles. The van der Waals surface area contributed by atoms with E-state index in [0.29, 0.717) is 22.5 Å². The number of para-hydroxylation sites is 2. The van der Waals surface area contributed by atoms with Crippen molar-refractivity contribution in [2.75, 3.05) is 27.7 Å². The van der Waals surface area contributed by atoms with E-state index in [1.807, 2.05) is 12.1 Å². The number of carbonyl (C=O) groups excluding carboxylic acids is 2. The van der Waals surface area contributed by atoms with Crippen LogP contribution in [0.15, 0.2) is 109 Å². The predicted molar refractivity (Wildman–Crippen MR) is 177 cm³/mol. The minimum Gasteiger partial charge on any atom is -0.350 e. The molecule has 0 unspecified atom stereocenters. The highest BCUT2D eigenvalue weighted by Gasteiger charge is 2.19. The third kappa shape index (κ3) is 9.40. The minimum absolute atomic E-state index is 0.122. The Hall–Kier alpha value is -4.68. The topological polar surface area (TPSA) is 133 Å². The highest BCUT2D eigenvalue weighted by Crippen LogP contribution is 2.21. The van der Waals surface area contributed by atoms with E-state index < -0.39 is 20.0 Å². The molecular formula is C33H36N4O6S2. The maximum atomic E-state index is 12.8. The van der Waals surface area contributed by atoms with Gasteiger partial charge in [0.25, 0.3) is 11.8 Å². The summed E-state index contributed by atoms with van der Waals surface area (Å²) in [6, 6.07) is 30.6. The number of nitrogens with zero attached hydrogens (tertiary/aromatic N) is 2. The number of sulfonamides is 2. The molecule has 0 saturated carbocycles. The van der Waals surface area contributed by atoms with E-state index in [0.717, 1.165) is 23.6 Å². The largest absolute Gasteiger partial charge is 0.350 e. The zero-order valence-electron chi connectivity index (χ0n) is 25.3. The Kier molecular flexibility index (Phi) is 10.6. The van der Waals surface area contributed by atoms with Crippen LogP contribution in [0.4, 0.5) is 11.4 Å². The lowest BCUT2D eigenvalue weighted by Gasteiger charge is -2.22. The van der Waals surface area contributed by atoms with Crippen LogP contribution in [0.25, 0.3) is 0 Å². The number of rotatable bonds is 13. The normalized spacial score (nSPS) is 12.2. The molecule has 45 heavy (non-hydrogen) atoms. The third-order valence-electron chi connectivity index (χ3n) is 6.92. The zero-order valence-corrected chi connectivity index (χ0v) is 26.9. The Morgan fingerprint density at radius 2 is 0.978 bits per heavy atom. The highest BCUT2D eigenvalue weighted by molar-refractivity contribution is 7.92. The van der Waals surface area contributed by atoms with Gasteiger partial charge in [0.05, 0.1) is 37.0 Å². The third-order valence-corrected chi connectivity index (χ3v) is 9.20. The smallest absolute Gasteiger partial charge is 0.251 e. The van der Waals surface area contributed by atoms with Crippen molar-refractivity contribution in [1.82, 2.24) is 10.6 Å². The van der Waals surface area contributed by atoms with Gasteiger partial charge in [0.2, 0.25) is 20.0 Å². The molecule has 12 heteroatoms. The molecule has 0 radical (unpaired) electrons. The fourth-order valence-electron chi connectivity index (χ4n) is 4.55. The molecule has 4 aromatic rings. The Balaban J connectivity index is 1.29. The van der Waals surface area contributed by atoms with Crippen molar-refractivity contribution >= 4 is 43.2 Å². The van der Waals surface area contributed by atoms with Gasteiger partial charge in [0.1, 0.15) is 0 Å². The highest BCUT2D eigenvalue weighted by atomic mass is 32.2. The molecule has 0 bridgehead atoms. The number of benzene rings is 4. The Morgan fingerprint density at radius 1 is 0.600 bits per heavy atom. The fourth-order valence-corrected chi connectivity index (χ4v) is 6.33. The molecule has 236 valence electrons. The van der Waals surface area contributed by atoms with Crippen LogP contribution >= 0.6 is 0 Å². The summed E-state index contributed by atoms with van der Waals surface area (Å²) in [5, 5.41) is 5.66. The molecule has 0 aromatic heterocycles. The average molecular weight is 649 g/mol. The molecule has 0 aliphatic rings. The van der Waals surface area contributed by atoms with Gasteiger partial charge in [-0.25, -0.2) is 16.8 Å². The van der Waals surface area contributed by atoms with E-state index >= 15 is 0 Å². The Labute approximate surface area is 264 Å². The van der Waals surface area contributed by atoms with E-state index in [1.165, 1.54) is 8.61 Å². The second-order valence-corrected chi connectivity index (χ2v) is 14.5. The van der Waals surface area contributed by atoms with Gasteiger partial charge in [-0.3, -0.25) is 18.2 Å². The molecule has 0 fully saturated rings. The molecule has 4 rings (SSSR count). The monoisotopic (exact) mass is 648 g/mol. The van der Waals surface area contributed by atoms with Crippen LogP contribution in [0.2, 0.25) is 0 Å². The molecule has 0 aliphatic heterocycles. The van der Waals surface area contributed by atoms with Gasteiger partial charge in [0.15, 0.2) is 0 Å². The van der Waals surface area contributed by atoms with Crippen LogP contribution < -0.4 is 19.2 Å². The van der Waals surface area contributed by atoms with Crippen molar-refractivity contribution in [3.8, 4) is 0 Å². The van der Waals surface area contributed by atoms with Crippen LogP contribution in [0.1, 0.15) is 38.8 Å². The molecule has 2 N–H and O–H groups in total. The van der Waals surface area contributed by atoms with Gasteiger partial charge < -0.3 is 10.6 Å². The van der Waals surface area contributed by atoms with Crippen LogP contribution in [0.5, 0.6) is 0 Å². The first-order valence-corrected chi connectivity index (χ1v) is 17.8. The molecule has 0 spiro atoms. The lowest BCUT2D eigenvalue weighted by atomic mass is 10.1. The summed E-state index contributed by atoms with van der Waals surface area (Å²) in [5.74, 6) is -0.659. The van der Waals surface area contributed by atoms with Crippen molar-refractivity contribution in [3.05, 3.63) is 131 Å². The molecule has 2 amide bonds. The number of amides is 2. The maximum absolute atomic E-state index is 12.8. The molecule has 0 heterocycles. The quantitative estimate of drug-likeness (QED) is 0.224. The van der Waals surface area contributed by atoms with Gasteiger partial charge >= 0.3 is 0 Å². The lowest BCUT2D eigenvalue weighted by molar-refractivity contribution is 0.0912. The molecular weight excluding hydrogens is 613 g/mol. The summed E-state index contributed by atoms with van der Waals surface area (Å²) in [6.45, 7) is 2.19. The fraction of sp³-hybridized carbons (Fsp3) is 0.212. The Bertz CT molecular complexity index is 1820. The first kappa shape index (κ1) is 33.2. The average Bonchev–Trinajstić information content (AvgIpc) is 3.01. The second kappa shape index (κ2) is 14.4. The van der Waals surface area contributed by atoms with Crippen LogP contribution in [0, 0.1) is 0 Å². The van der Waals surface area contributed by atoms with E-state index in [-0.39, 0.29) is 37.5 Å².